The highest BCUT2D eigenvalue weighted by Gasteiger charge is 2.06. The smallest absolute Gasteiger partial charge is 0.0398 e. The van der Waals surface area contributed by atoms with Gasteiger partial charge in [0.2, 0.25) is 0 Å². The van der Waals surface area contributed by atoms with Crippen LogP contribution < -0.4 is 5.73 Å². The summed E-state index contributed by atoms with van der Waals surface area (Å²) < 4.78 is 0. The normalized spacial score (nSPS) is 12.6. The molecular weight excluding hydrogens is 234 g/mol. The molecule has 0 aliphatic rings. The first-order chi connectivity index (χ1) is 7.75. The molecule has 1 atom stereocenters. The maximum Gasteiger partial charge on any atom is 0.0398 e. The summed E-state index contributed by atoms with van der Waals surface area (Å²) in [6.45, 7) is 2.11. The van der Waals surface area contributed by atoms with Crippen molar-refractivity contribution in [1.82, 2.24) is 0 Å². The zero-order valence-corrected chi connectivity index (χ0v) is 10.9. The number of hydrogen-bond donors (Lipinski definition) is 1. The van der Waals surface area contributed by atoms with Gasteiger partial charge in [-0.25, -0.2) is 0 Å². The Morgan fingerprint density at radius 3 is 2.94 bits per heavy atom. The molecule has 0 spiro atoms. The molecule has 1 aromatic carbocycles. The second-order valence-corrected chi connectivity index (χ2v) is 5.66. The van der Waals surface area contributed by atoms with Crippen molar-refractivity contribution in [2.24, 2.45) is 5.73 Å². The van der Waals surface area contributed by atoms with Crippen LogP contribution in [0.1, 0.15) is 17.2 Å². The molecule has 0 amide bonds. The second kappa shape index (κ2) is 5.53. The van der Waals surface area contributed by atoms with Crippen LogP contribution in [0.4, 0.5) is 0 Å². The molecular formula is C13H15NS2. The largest absolute Gasteiger partial charge is 0.323 e. The number of hydrogen-bond acceptors (Lipinski definition) is 3. The lowest BCUT2D eigenvalue weighted by Gasteiger charge is -2.09. The van der Waals surface area contributed by atoms with Gasteiger partial charge in [-0.1, -0.05) is 17.7 Å². The fourth-order valence-electron chi connectivity index (χ4n) is 1.47. The van der Waals surface area contributed by atoms with Crippen molar-refractivity contribution < 1.29 is 0 Å². The molecule has 0 aliphatic heterocycles. The predicted octanol–water partition coefficient (Wildman–Crippen LogP) is 3.85. The maximum atomic E-state index is 6.11. The summed E-state index contributed by atoms with van der Waals surface area (Å²) in [5.74, 6) is 0.931. The van der Waals surface area contributed by atoms with Crippen LogP contribution in [-0.2, 0) is 0 Å². The Morgan fingerprint density at radius 1 is 1.38 bits per heavy atom. The third-order valence-corrected chi connectivity index (χ3v) is 4.20. The van der Waals surface area contributed by atoms with Crippen molar-refractivity contribution in [2.45, 2.75) is 17.9 Å². The van der Waals surface area contributed by atoms with Gasteiger partial charge >= 0.3 is 0 Å². The van der Waals surface area contributed by atoms with E-state index < -0.39 is 0 Å². The number of nitrogens with two attached hydrogens (primary N) is 1. The topological polar surface area (TPSA) is 26.0 Å². The van der Waals surface area contributed by atoms with E-state index in [-0.39, 0.29) is 6.04 Å². The number of thiophene rings is 1. The molecule has 2 rings (SSSR count). The predicted molar refractivity (Wildman–Crippen MR) is 73.2 cm³/mol. The van der Waals surface area contributed by atoms with Crippen LogP contribution >= 0.6 is 23.1 Å². The second-order valence-electron chi connectivity index (χ2n) is 3.79. The molecule has 0 saturated carbocycles. The van der Waals surface area contributed by atoms with Crippen molar-refractivity contribution in [1.29, 1.82) is 0 Å². The molecule has 0 bridgehead atoms. The Balaban J connectivity index is 1.92. The van der Waals surface area contributed by atoms with Crippen LogP contribution in [0.2, 0.25) is 0 Å². The summed E-state index contributed by atoms with van der Waals surface area (Å²) in [5, 5.41) is 4.20. The summed E-state index contributed by atoms with van der Waals surface area (Å²) in [6.07, 6.45) is 0. The first-order valence-corrected chi connectivity index (χ1v) is 7.15. The van der Waals surface area contributed by atoms with Crippen LogP contribution in [0.15, 0.2) is 46.0 Å². The first kappa shape index (κ1) is 11.7. The van der Waals surface area contributed by atoms with Gasteiger partial charge in [-0.3, -0.25) is 0 Å². The third kappa shape index (κ3) is 3.11. The molecule has 1 nitrogen and oxygen atoms in total. The fraction of sp³-hybridized carbons (Fsp3) is 0.231. The quantitative estimate of drug-likeness (QED) is 0.833. The summed E-state index contributed by atoms with van der Waals surface area (Å²) in [7, 11) is 0. The average Bonchev–Trinajstić information content (AvgIpc) is 2.79. The van der Waals surface area contributed by atoms with Gasteiger partial charge in [0.1, 0.15) is 0 Å². The molecule has 84 valence electrons. The fourth-order valence-corrected chi connectivity index (χ4v) is 3.21. The van der Waals surface area contributed by atoms with Gasteiger partial charge in [-0.05, 0) is 41.4 Å². The van der Waals surface area contributed by atoms with E-state index in [2.05, 4.69) is 48.0 Å². The molecule has 16 heavy (non-hydrogen) atoms. The van der Waals surface area contributed by atoms with Crippen molar-refractivity contribution in [3.8, 4) is 0 Å². The Hall–Kier alpha value is -0.770. The Bertz CT molecular complexity index is 437. The van der Waals surface area contributed by atoms with Crippen molar-refractivity contribution >= 4 is 23.1 Å². The number of rotatable bonds is 4. The molecule has 1 aromatic heterocycles. The van der Waals surface area contributed by atoms with Crippen LogP contribution in [0, 0.1) is 6.92 Å². The van der Waals surface area contributed by atoms with Crippen LogP contribution in [0.25, 0.3) is 0 Å². The van der Waals surface area contributed by atoms with E-state index in [4.69, 9.17) is 5.73 Å². The van der Waals surface area contributed by atoms with Gasteiger partial charge < -0.3 is 5.73 Å². The molecule has 0 aliphatic carbocycles. The lowest BCUT2D eigenvalue weighted by atomic mass is 10.2. The zero-order chi connectivity index (χ0) is 11.4. The van der Waals surface area contributed by atoms with Crippen molar-refractivity contribution in [2.75, 3.05) is 5.75 Å². The lowest BCUT2D eigenvalue weighted by molar-refractivity contribution is 0.836. The minimum Gasteiger partial charge on any atom is -0.323 e. The van der Waals surface area contributed by atoms with E-state index in [1.807, 2.05) is 11.8 Å². The van der Waals surface area contributed by atoms with E-state index in [0.29, 0.717) is 0 Å². The minimum atomic E-state index is 0.136. The van der Waals surface area contributed by atoms with E-state index in [1.165, 1.54) is 16.0 Å². The van der Waals surface area contributed by atoms with E-state index in [0.717, 1.165) is 5.75 Å². The van der Waals surface area contributed by atoms with Crippen LogP contribution in [0.3, 0.4) is 0 Å². The van der Waals surface area contributed by atoms with E-state index >= 15 is 0 Å². The van der Waals surface area contributed by atoms with Crippen molar-refractivity contribution in [3.63, 3.8) is 0 Å². The third-order valence-electron chi connectivity index (χ3n) is 2.39. The first-order valence-electron chi connectivity index (χ1n) is 5.23. The minimum absolute atomic E-state index is 0.136. The Kier molecular flexibility index (Phi) is 4.04. The van der Waals surface area contributed by atoms with Gasteiger partial charge in [0.05, 0.1) is 0 Å². The molecule has 2 aromatic rings. The summed E-state index contributed by atoms with van der Waals surface area (Å²) in [5.41, 5.74) is 8.65. The maximum absolute atomic E-state index is 6.11. The van der Waals surface area contributed by atoms with Gasteiger partial charge in [0.25, 0.3) is 0 Å². The van der Waals surface area contributed by atoms with Gasteiger partial charge in [-0.2, -0.15) is 11.3 Å². The average molecular weight is 249 g/mol. The summed E-state index contributed by atoms with van der Waals surface area (Å²) in [6, 6.07) is 10.8. The number of aryl methyl sites for hydroxylation is 1. The lowest BCUT2D eigenvalue weighted by Crippen LogP contribution is -2.11. The highest BCUT2D eigenvalue weighted by Crippen LogP contribution is 2.24. The molecule has 2 N–H and O–H groups in total. The van der Waals surface area contributed by atoms with Crippen LogP contribution in [0.5, 0.6) is 0 Å². The number of thioether (sulfide) groups is 1. The SMILES string of the molecule is Cc1cccc(SCC(N)c2ccsc2)c1. The molecule has 1 heterocycles. The molecule has 1 unspecified atom stereocenters. The number of benzene rings is 1. The van der Waals surface area contributed by atoms with Crippen molar-refractivity contribution in [3.05, 3.63) is 52.2 Å². The molecule has 3 heteroatoms. The van der Waals surface area contributed by atoms with Gasteiger partial charge in [-0.15, -0.1) is 11.8 Å². The van der Waals surface area contributed by atoms with Crippen LogP contribution in [-0.4, -0.2) is 5.75 Å². The van der Waals surface area contributed by atoms with E-state index in [9.17, 15) is 0 Å². The molecule has 0 radical (unpaired) electrons. The van der Waals surface area contributed by atoms with E-state index in [1.54, 1.807) is 11.3 Å². The monoisotopic (exact) mass is 249 g/mol. The summed E-state index contributed by atoms with van der Waals surface area (Å²) >= 11 is 3.52. The Labute approximate surface area is 105 Å². The highest BCUT2D eigenvalue weighted by molar-refractivity contribution is 7.99. The Morgan fingerprint density at radius 2 is 2.25 bits per heavy atom. The standard InChI is InChI=1S/C13H15NS2/c1-10-3-2-4-12(7-10)16-9-13(14)11-5-6-15-8-11/h2-8,13H,9,14H2,1H3. The molecule has 0 saturated heterocycles. The van der Waals surface area contributed by atoms with Gasteiger partial charge in [0.15, 0.2) is 0 Å². The highest BCUT2D eigenvalue weighted by atomic mass is 32.2. The summed E-state index contributed by atoms with van der Waals surface area (Å²) in [4.78, 5) is 1.30. The zero-order valence-electron chi connectivity index (χ0n) is 9.22. The molecule has 0 fully saturated rings. The van der Waals surface area contributed by atoms with Gasteiger partial charge in [0, 0.05) is 16.7 Å².